The molecule has 0 atom stereocenters. The summed E-state index contributed by atoms with van der Waals surface area (Å²) in [6.07, 6.45) is 0. The molecule has 0 N–H and O–H groups in total. The molecule has 0 saturated heterocycles. The number of thiol groups is 1. The predicted molar refractivity (Wildman–Crippen MR) is 65.1 cm³/mol. The van der Waals surface area contributed by atoms with E-state index in [1.165, 1.54) is 10.5 Å². The van der Waals surface area contributed by atoms with Gasteiger partial charge >= 0.3 is 0 Å². The van der Waals surface area contributed by atoms with Gasteiger partial charge in [-0.2, -0.15) is 12.6 Å². The van der Waals surface area contributed by atoms with Gasteiger partial charge < -0.3 is 0 Å². The summed E-state index contributed by atoms with van der Waals surface area (Å²) in [7, 11) is 0. The first-order chi connectivity index (χ1) is 6.24. The second-order valence-corrected chi connectivity index (χ2v) is 4.91. The minimum atomic E-state index is 0.629. The van der Waals surface area contributed by atoms with E-state index in [9.17, 15) is 0 Å². The number of hydrogen-bond donors (Lipinski definition) is 1. The quantitative estimate of drug-likeness (QED) is 0.584. The molecule has 0 fully saturated rings. The predicted octanol–water partition coefficient (Wildman–Crippen LogP) is 3.83. The Morgan fingerprint density at radius 1 is 1.23 bits per heavy atom. The minimum absolute atomic E-state index is 0.629. The molecule has 1 aromatic carbocycles. The molecular formula is C11H16S2. The summed E-state index contributed by atoms with van der Waals surface area (Å²) < 4.78 is 0. The second kappa shape index (κ2) is 5.61. The summed E-state index contributed by atoms with van der Waals surface area (Å²) >= 11 is 6.05. The van der Waals surface area contributed by atoms with Crippen LogP contribution < -0.4 is 0 Å². The third-order valence-corrected chi connectivity index (χ3v) is 3.45. The van der Waals surface area contributed by atoms with E-state index in [0.717, 1.165) is 11.5 Å². The normalized spacial score (nSPS) is 10.8. The van der Waals surface area contributed by atoms with Gasteiger partial charge in [-0.15, -0.1) is 11.8 Å². The van der Waals surface area contributed by atoms with Gasteiger partial charge in [0.05, 0.1) is 0 Å². The first kappa shape index (κ1) is 11.0. The SMILES string of the molecule is CC(C)c1ccc(SCCS)cc1. The van der Waals surface area contributed by atoms with Gasteiger partial charge in [-0.1, -0.05) is 26.0 Å². The van der Waals surface area contributed by atoms with Gasteiger partial charge in [-0.25, -0.2) is 0 Å². The van der Waals surface area contributed by atoms with E-state index in [1.54, 1.807) is 0 Å². The van der Waals surface area contributed by atoms with E-state index in [0.29, 0.717) is 5.92 Å². The highest BCUT2D eigenvalue weighted by Crippen LogP contribution is 2.21. The van der Waals surface area contributed by atoms with Crippen molar-refractivity contribution in [2.75, 3.05) is 11.5 Å². The lowest BCUT2D eigenvalue weighted by Crippen LogP contribution is -1.86. The van der Waals surface area contributed by atoms with Crippen LogP contribution >= 0.6 is 24.4 Å². The molecule has 1 rings (SSSR count). The van der Waals surface area contributed by atoms with Crippen LogP contribution in [0.25, 0.3) is 0 Å². The zero-order valence-corrected chi connectivity index (χ0v) is 9.87. The Labute approximate surface area is 90.5 Å². The fourth-order valence-corrected chi connectivity index (χ4v) is 2.04. The molecule has 0 radical (unpaired) electrons. The number of rotatable bonds is 4. The largest absolute Gasteiger partial charge is 0.178 e. The van der Waals surface area contributed by atoms with E-state index in [-0.39, 0.29) is 0 Å². The van der Waals surface area contributed by atoms with Gasteiger partial charge in [0.15, 0.2) is 0 Å². The molecule has 0 aliphatic heterocycles. The lowest BCUT2D eigenvalue weighted by molar-refractivity contribution is 0.865. The van der Waals surface area contributed by atoms with Gasteiger partial charge in [-0.3, -0.25) is 0 Å². The van der Waals surface area contributed by atoms with Crippen LogP contribution in [0.15, 0.2) is 29.2 Å². The highest BCUT2D eigenvalue weighted by Gasteiger charge is 1.98. The van der Waals surface area contributed by atoms with E-state index < -0.39 is 0 Å². The molecule has 0 spiro atoms. The van der Waals surface area contributed by atoms with Crippen molar-refractivity contribution in [1.29, 1.82) is 0 Å². The zero-order valence-electron chi connectivity index (χ0n) is 8.16. The molecule has 1 aromatic rings. The van der Waals surface area contributed by atoms with Crippen LogP contribution in [0.2, 0.25) is 0 Å². The van der Waals surface area contributed by atoms with Crippen LogP contribution in [0.1, 0.15) is 25.3 Å². The van der Waals surface area contributed by atoms with E-state index in [4.69, 9.17) is 0 Å². The van der Waals surface area contributed by atoms with Gasteiger partial charge in [0.25, 0.3) is 0 Å². The molecule has 0 amide bonds. The first-order valence-electron chi connectivity index (χ1n) is 4.57. The van der Waals surface area contributed by atoms with Crippen molar-refractivity contribution in [2.45, 2.75) is 24.7 Å². The lowest BCUT2D eigenvalue weighted by atomic mass is 10.0. The summed E-state index contributed by atoms with van der Waals surface area (Å²) in [6.45, 7) is 4.44. The Hall–Kier alpha value is -0.0800. The highest BCUT2D eigenvalue weighted by molar-refractivity contribution is 8.00. The monoisotopic (exact) mass is 212 g/mol. The van der Waals surface area contributed by atoms with Gasteiger partial charge in [0, 0.05) is 10.6 Å². The molecular weight excluding hydrogens is 196 g/mol. The minimum Gasteiger partial charge on any atom is -0.178 e. The Morgan fingerprint density at radius 2 is 1.85 bits per heavy atom. The first-order valence-corrected chi connectivity index (χ1v) is 6.19. The van der Waals surface area contributed by atoms with Crippen molar-refractivity contribution in [2.24, 2.45) is 0 Å². The summed E-state index contributed by atoms with van der Waals surface area (Å²) in [4.78, 5) is 1.35. The third-order valence-electron chi connectivity index (χ3n) is 1.91. The van der Waals surface area contributed by atoms with Crippen molar-refractivity contribution in [1.82, 2.24) is 0 Å². The smallest absolute Gasteiger partial charge is 0.00724 e. The van der Waals surface area contributed by atoms with Crippen LogP contribution in [0.5, 0.6) is 0 Å². The highest BCUT2D eigenvalue weighted by atomic mass is 32.2. The molecule has 13 heavy (non-hydrogen) atoms. The maximum Gasteiger partial charge on any atom is 0.00724 e. The van der Waals surface area contributed by atoms with Crippen LogP contribution in [-0.2, 0) is 0 Å². The van der Waals surface area contributed by atoms with E-state index >= 15 is 0 Å². The van der Waals surface area contributed by atoms with Crippen LogP contribution in [0.3, 0.4) is 0 Å². The molecule has 2 heteroatoms. The Balaban J connectivity index is 2.59. The van der Waals surface area contributed by atoms with Crippen molar-refractivity contribution >= 4 is 24.4 Å². The van der Waals surface area contributed by atoms with Gasteiger partial charge in [0.2, 0.25) is 0 Å². The fourth-order valence-electron chi connectivity index (χ4n) is 1.11. The van der Waals surface area contributed by atoms with Crippen LogP contribution in [0, 0.1) is 0 Å². The lowest BCUT2D eigenvalue weighted by Gasteiger charge is -2.05. The van der Waals surface area contributed by atoms with Gasteiger partial charge in [-0.05, 0) is 29.4 Å². The zero-order chi connectivity index (χ0) is 9.68. The Kier molecular flexibility index (Phi) is 4.74. The Morgan fingerprint density at radius 3 is 2.31 bits per heavy atom. The molecule has 0 nitrogen and oxygen atoms in total. The van der Waals surface area contributed by atoms with E-state index in [2.05, 4.69) is 50.7 Å². The molecule has 0 saturated carbocycles. The summed E-state index contributed by atoms with van der Waals surface area (Å²) in [5.41, 5.74) is 1.41. The Bertz CT molecular complexity index is 239. The molecule has 0 heterocycles. The number of thioether (sulfide) groups is 1. The number of benzene rings is 1. The molecule has 0 aliphatic carbocycles. The third kappa shape index (κ3) is 3.65. The standard InChI is InChI=1S/C11H16S2/c1-9(2)10-3-5-11(6-4-10)13-8-7-12/h3-6,9,12H,7-8H2,1-2H3. The van der Waals surface area contributed by atoms with Crippen molar-refractivity contribution in [3.63, 3.8) is 0 Å². The van der Waals surface area contributed by atoms with Crippen LogP contribution in [-0.4, -0.2) is 11.5 Å². The maximum absolute atomic E-state index is 4.18. The summed E-state index contributed by atoms with van der Waals surface area (Å²) in [5, 5.41) is 0. The van der Waals surface area contributed by atoms with Gasteiger partial charge in [0.1, 0.15) is 0 Å². The van der Waals surface area contributed by atoms with Crippen molar-refractivity contribution in [3.8, 4) is 0 Å². The average molecular weight is 212 g/mol. The summed E-state index contributed by atoms with van der Waals surface area (Å²) in [6, 6.07) is 8.82. The molecule has 0 unspecified atom stereocenters. The topological polar surface area (TPSA) is 0 Å². The van der Waals surface area contributed by atoms with Crippen molar-refractivity contribution in [3.05, 3.63) is 29.8 Å². The molecule has 0 aromatic heterocycles. The summed E-state index contributed by atoms with van der Waals surface area (Å²) in [5.74, 6) is 2.66. The van der Waals surface area contributed by atoms with Crippen LogP contribution in [0.4, 0.5) is 0 Å². The molecule has 72 valence electrons. The van der Waals surface area contributed by atoms with Crippen molar-refractivity contribution < 1.29 is 0 Å². The molecule has 0 bridgehead atoms. The second-order valence-electron chi connectivity index (χ2n) is 3.30. The fraction of sp³-hybridized carbons (Fsp3) is 0.455. The number of hydrogen-bond acceptors (Lipinski definition) is 2. The maximum atomic E-state index is 4.18. The van der Waals surface area contributed by atoms with E-state index in [1.807, 2.05) is 11.8 Å². The molecule has 0 aliphatic rings. The average Bonchev–Trinajstić information content (AvgIpc) is 2.15.